The molecule has 0 heterocycles. The van der Waals surface area contributed by atoms with Gasteiger partial charge in [-0.2, -0.15) is 0 Å². The highest BCUT2D eigenvalue weighted by molar-refractivity contribution is 5.96. The first-order valence-electron chi connectivity index (χ1n) is 7.33. The van der Waals surface area contributed by atoms with Crippen LogP contribution >= 0.6 is 0 Å². The summed E-state index contributed by atoms with van der Waals surface area (Å²) in [6.07, 6.45) is -0.665. The van der Waals surface area contributed by atoms with Crippen molar-refractivity contribution in [1.29, 1.82) is 0 Å². The fourth-order valence-electron chi connectivity index (χ4n) is 1.73. The number of carbonyl (C=O) groups is 4. The quantitative estimate of drug-likeness (QED) is 0.417. The number of Topliss-reactive ketones (excluding diaryl/α,β-unsaturated/α-hetero) is 1. The van der Waals surface area contributed by atoms with Crippen molar-refractivity contribution in [1.82, 2.24) is 5.32 Å². The maximum atomic E-state index is 11.6. The second-order valence-electron chi connectivity index (χ2n) is 5.02. The molecule has 1 rings (SSSR count). The molecular weight excluding hydrogens is 316 g/mol. The largest absolute Gasteiger partial charge is 0.494 e. The summed E-state index contributed by atoms with van der Waals surface area (Å²) in [6.45, 7) is 3.09. The van der Waals surface area contributed by atoms with Crippen LogP contribution in [0.25, 0.3) is 0 Å². The SMILES string of the molecule is CC(=O)c1ccc(OCCCC(=O)O[C@@H](C)C(=O)NC(N)=O)cc1. The van der Waals surface area contributed by atoms with E-state index in [0.29, 0.717) is 17.7 Å². The van der Waals surface area contributed by atoms with Gasteiger partial charge in [-0.1, -0.05) is 0 Å². The van der Waals surface area contributed by atoms with Gasteiger partial charge < -0.3 is 15.2 Å². The molecule has 1 atom stereocenters. The summed E-state index contributed by atoms with van der Waals surface area (Å²) in [7, 11) is 0. The molecule has 0 spiro atoms. The van der Waals surface area contributed by atoms with Crippen LogP contribution in [0.1, 0.15) is 37.0 Å². The number of imide groups is 1. The number of carbonyl (C=O) groups excluding carboxylic acids is 4. The number of ketones is 1. The molecule has 8 nitrogen and oxygen atoms in total. The number of primary amides is 1. The number of benzene rings is 1. The minimum absolute atomic E-state index is 0.0289. The summed E-state index contributed by atoms with van der Waals surface area (Å²) in [5, 5.41) is 1.82. The van der Waals surface area contributed by atoms with Crippen molar-refractivity contribution in [2.75, 3.05) is 6.61 Å². The molecule has 3 amide bonds. The highest BCUT2D eigenvalue weighted by Gasteiger charge is 2.18. The monoisotopic (exact) mass is 336 g/mol. The van der Waals surface area contributed by atoms with Gasteiger partial charge >= 0.3 is 12.0 Å². The van der Waals surface area contributed by atoms with Crippen molar-refractivity contribution >= 4 is 23.7 Å². The van der Waals surface area contributed by atoms with Crippen molar-refractivity contribution < 1.29 is 28.7 Å². The zero-order valence-corrected chi connectivity index (χ0v) is 13.5. The second-order valence-corrected chi connectivity index (χ2v) is 5.02. The number of hydrogen-bond acceptors (Lipinski definition) is 6. The van der Waals surface area contributed by atoms with Gasteiger partial charge in [0.15, 0.2) is 11.9 Å². The second kappa shape index (κ2) is 9.29. The number of nitrogens with one attached hydrogen (secondary N) is 1. The summed E-state index contributed by atoms with van der Waals surface area (Å²) in [6, 6.07) is 5.65. The molecule has 0 aromatic heterocycles. The number of hydrogen-bond donors (Lipinski definition) is 2. The Hall–Kier alpha value is -2.90. The molecule has 0 aliphatic heterocycles. The van der Waals surface area contributed by atoms with E-state index in [0.717, 1.165) is 0 Å². The van der Waals surface area contributed by atoms with Gasteiger partial charge in [-0.25, -0.2) is 4.79 Å². The van der Waals surface area contributed by atoms with Crippen LogP contribution in [0, 0.1) is 0 Å². The normalized spacial score (nSPS) is 11.2. The molecular formula is C16H20N2O6. The van der Waals surface area contributed by atoms with Crippen LogP contribution in [0.15, 0.2) is 24.3 Å². The molecule has 0 radical (unpaired) electrons. The minimum Gasteiger partial charge on any atom is -0.494 e. The lowest BCUT2D eigenvalue weighted by atomic mass is 10.1. The fraction of sp³-hybridized carbons (Fsp3) is 0.375. The Morgan fingerprint density at radius 1 is 1.17 bits per heavy atom. The van der Waals surface area contributed by atoms with Gasteiger partial charge in [0.05, 0.1) is 6.61 Å². The van der Waals surface area contributed by atoms with Crippen LogP contribution in [0.5, 0.6) is 5.75 Å². The molecule has 3 N–H and O–H groups in total. The van der Waals surface area contributed by atoms with Gasteiger partial charge in [-0.15, -0.1) is 0 Å². The molecule has 8 heteroatoms. The topological polar surface area (TPSA) is 125 Å². The molecule has 0 saturated heterocycles. The highest BCUT2D eigenvalue weighted by Crippen LogP contribution is 2.13. The van der Waals surface area contributed by atoms with E-state index in [2.05, 4.69) is 0 Å². The Kier molecular flexibility index (Phi) is 7.41. The molecule has 0 bridgehead atoms. The van der Waals surface area contributed by atoms with Gasteiger partial charge in [0.25, 0.3) is 5.91 Å². The molecule has 0 aliphatic rings. The fourth-order valence-corrected chi connectivity index (χ4v) is 1.73. The highest BCUT2D eigenvalue weighted by atomic mass is 16.5. The van der Waals surface area contributed by atoms with E-state index < -0.39 is 24.0 Å². The van der Waals surface area contributed by atoms with Gasteiger partial charge in [-0.3, -0.25) is 19.7 Å². The smallest absolute Gasteiger partial charge is 0.318 e. The lowest BCUT2D eigenvalue weighted by Gasteiger charge is -2.12. The van der Waals surface area contributed by atoms with Gasteiger partial charge in [-0.05, 0) is 44.5 Å². The van der Waals surface area contributed by atoms with E-state index in [1.54, 1.807) is 24.3 Å². The van der Waals surface area contributed by atoms with Crippen molar-refractivity contribution in [3.05, 3.63) is 29.8 Å². The van der Waals surface area contributed by atoms with Crippen LogP contribution in [-0.4, -0.2) is 36.4 Å². The molecule has 130 valence electrons. The molecule has 1 aromatic carbocycles. The van der Waals surface area contributed by atoms with Gasteiger partial charge in [0.1, 0.15) is 5.75 Å². The van der Waals surface area contributed by atoms with E-state index in [1.165, 1.54) is 13.8 Å². The van der Waals surface area contributed by atoms with Crippen molar-refractivity contribution in [3.8, 4) is 5.75 Å². The van der Waals surface area contributed by atoms with E-state index in [4.69, 9.17) is 15.2 Å². The van der Waals surface area contributed by atoms with Crippen LogP contribution in [0.2, 0.25) is 0 Å². The average Bonchev–Trinajstić information content (AvgIpc) is 2.51. The molecule has 1 aromatic rings. The van der Waals surface area contributed by atoms with E-state index in [-0.39, 0.29) is 18.8 Å². The lowest BCUT2D eigenvalue weighted by molar-refractivity contribution is -0.154. The van der Waals surface area contributed by atoms with E-state index in [1.807, 2.05) is 5.32 Å². The summed E-state index contributed by atoms with van der Waals surface area (Å²) in [5.41, 5.74) is 5.39. The van der Waals surface area contributed by atoms with Crippen molar-refractivity contribution in [2.45, 2.75) is 32.8 Å². The van der Waals surface area contributed by atoms with Gasteiger partial charge in [0, 0.05) is 12.0 Å². The first-order chi connectivity index (χ1) is 11.3. The van der Waals surface area contributed by atoms with Gasteiger partial charge in [0.2, 0.25) is 0 Å². The standard InChI is InChI=1S/C16H20N2O6/c1-10(19)12-5-7-13(8-6-12)23-9-3-4-14(20)24-11(2)15(21)18-16(17)22/h5-8,11H,3-4,9H2,1-2H3,(H3,17,18,21,22)/t11-/m0/s1. The Bertz CT molecular complexity index is 611. The number of ether oxygens (including phenoxy) is 2. The summed E-state index contributed by atoms with van der Waals surface area (Å²) < 4.78 is 10.3. The zero-order valence-electron chi connectivity index (χ0n) is 13.5. The Labute approximate surface area is 139 Å². The number of urea groups is 1. The number of nitrogens with two attached hydrogens (primary N) is 1. The lowest BCUT2D eigenvalue weighted by Crippen LogP contribution is -2.42. The Balaban J connectivity index is 2.27. The predicted molar refractivity (Wildman–Crippen MR) is 84.5 cm³/mol. The number of rotatable bonds is 8. The van der Waals surface area contributed by atoms with E-state index in [9.17, 15) is 19.2 Å². The number of amides is 3. The molecule has 24 heavy (non-hydrogen) atoms. The van der Waals surface area contributed by atoms with Crippen LogP contribution in [0.3, 0.4) is 0 Å². The average molecular weight is 336 g/mol. The summed E-state index contributed by atoms with van der Waals surface area (Å²) in [4.78, 5) is 44.6. The predicted octanol–water partition coefficient (Wildman–Crippen LogP) is 1.17. The van der Waals surface area contributed by atoms with Crippen LogP contribution in [-0.2, 0) is 14.3 Å². The zero-order chi connectivity index (χ0) is 18.1. The Morgan fingerprint density at radius 2 is 1.79 bits per heavy atom. The van der Waals surface area contributed by atoms with Crippen LogP contribution in [0.4, 0.5) is 4.79 Å². The molecule has 0 aliphatic carbocycles. The third-order valence-electron chi connectivity index (χ3n) is 2.98. The first-order valence-corrected chi connectivity index (χ1v) is 7.33. The third kappa shape index (κ3) is 6.91. The van der Waals surface area contributed by atoms with Crippen LogP contribution < -0.4 is 15.8 Å². The molecule has 0 fully saturated rings. The molecule has 0 unspecified atom stereocenters. The maximum absolute atomic E-state index is 11.6. The number of esters is 1. The first kappa shape index (κ1) is 19.1. The Morgan fingerprint density at radius 3 is 2.33 bits per heavy atom. The summed E-state index contributed by atoms with van der Waals surface area (Å²) in [5.74, 6) is -0.809. The molecule has 0 saturated carbocycles. The summed E-state index contributed by atoms with van der Waals surface area (Å²) >= 11 is 0. The van der Waals surface area contributed by atoms with Crippen molar-refractivity contribution in [2.24, 2.45) is 5.73 Å². The minimum atomic E-state index is -1.11. The maximum Gasteiger partial charge on any atom is 0.318 e. The van der Waals surface area contributed by atoms with Crippen molar-refractivity contribution in [3.63, 3.8) is 0 Å². The van der Waals surface area contributed by atoms with E-state index >= 15 is 0 Å². The third-order valence-corrected chi connectivity index (χ3v) is 2.98.